The minimum absolute atomic E-state index is 0.310. The Morgan fingerprint density at radius 3 is 2.50 bits per heavy atom. The first-order valence-corrected chi connectivity index (χ1v) is 7.05. The van der Waals surface area contributed by atoms with E-state index in [0.29, 0.717) is 24.1 Å². The molecule has 2 rings (SSSR count). The summed E-state index contributed by atoms with van der Waals surface area (Å²) in [6, 6.07) is 9.90. The molecule has 22 heavy (non-hydrogen) atoms. The molecular weight excluding hydrogens is 278 g/mol. The predicted molar refractivity (Wildman–Crippen MR) is 86.1 cm³/mol. The number of carbonyl (C=O) groups excluding carboxylic acids is 2. The molecule has 0 aliphatic heterocycles. The van der Waals surface area contributed by atoms with Gasteiger partial charge >= 0.3 is 5.97 Å². The fraction of sp³-hybridized carbons (Fsp3) is 0.222. The van der Waals surface area contributed by atoms with Crippen LogP contribution in [0.3, 0.4) is 0 Å². The number of aromatic nitrogens is 1. The SMILES string of the molecule is COC(=O)c1c(C=O)c(C)c(C)n1C/C=C/c1ccccc1. The summed E-state index contributed by atoms with van der Waals surface area (Å²) in [5.74, 6) is -0.494. The Balaban J connectivity index is 2.36. The van der Waals surface area contributed by atoms with Crippen LogP contribution < -0.4 is 0 Å². The van der Waals surface area contributed by atoms with Crippen LogP contribution in [0.25, 0.3) is 6.08 Å². The van der Waals surface area contributed by atoms with Crippen LogP contribution in [0.15, 0.2) is 36.4 Å². The van der Waals surface area contributed by atoms with Gasteiger partial charge in [0.1, 0.15) is 5.69 Å². The van der Waals surface area contributed by atoms with E-state index in [1.165, 1.54) is 7.11 Å². The summed E-state index contributed by atoms with van der Waals surface area (Å²) in [6.45, 7) is 4.23. The highest BCUT2D eigenvalue weighted by Gasteiger charge is 2.22. The number of aldehydes is 1. The van der Waals surface area contributed by atoms with Crippen molar-refractivity contribution in [2.45, 2.75) is 20.4 Å². The summed E-state index contributed by atoms with van der Waals surface area (Å²) in [5, 5.41) is 0. The van der Waals surface area contributed by atoms with Crippen LogP contribution in [-0.2, 0) is 11.3 Å². The van der Waals surface area contributed by atoms with Gasteiger partial charge in [0.05, 0.1) is 12.7 Å². The second-order valence-corrected chi connectivity index (χ2v) is 5.01. The van der Waals surface area contributed by atoms with Gasteiger partial charge in [-0.2, -0.15) is 0 Å². The lowest BCUT2D eigenvalue weighted by atomic mass is 10.1. The fourth-order valence-electron chi connectivity index (χ4n) is 2.44. The molecule has 0 bridgehead atoms. The molecule has 4 nitrogen and oxygen atoms in total. The van der Waals surface area contributed by atoms with E-state index in [1.807, 2.05) is 60.9 Å². The highest BCUT2D eigenvalue weighted by molar-refractivity contribution is 5.98. The van der Waals surface area contributed by atoms with Gasteiger partial charge in [0.25, 0.3) is 0 Å². The van der Waals surface area contributed by atoms with Crippen LogP contribution >= 0.6 is 0 Å². The lowest BCUT2D eigenvalue weighted by Crippen LogP contribution is -2.13. The van der Waals surface area contributed by atoms with Gasteiger partial charge in [-0.1, -0.05) is 42.5 Å². The van der Waals surface area contributed by atoms with Gasteiger partial charge < -0.3 is 9.30 Å². The number of carbonyl (C=O) groups is 2. The molecule has 114 valence electrons. The molecule has 1 aromatic carbocycles. The van der Waals surface area contributed by atoms with Crippen LogP contribution in [0.4, 0.5) is 0 Å². The van der Waals surface area contributed by atoms with Crippen LogP contribution in [0.1, 0.15) is 37.7 Å². The van der Waals surface area contributed by atoms with Crippen molar-refractivity contribution in [3.05, 3.63) is 64.5 Å². The molecular formula is C18H19NO3. The molecule has 0 N–H and O–H groups in total. The Hall–Kier alpha value is -2.62. The van der Waals surface area contributed by atoms with Crippen LogP contribution in [0.5, 0.6) is 0 Å². The molecule has 0 spiro atoms. The lowest BCUT2D eigenvalue weighted by molar-refractivity contribution is 0.0586. The van der Waals surface area contributed by atoms with E-state index in [4.69, 9.17) is 4.74 Å². The summed E-state index contributed by atoms with van der Waals surface area (Å²) in [6.07, 6.45) is 4.66. The Morgan fingerprint density at radius 1 is 1.23 bits per heavy atom. The van der Waals surface area contributed by atoms with E-state index < -0.39 is 5.97 Å². The van der Waals surface area contributed by atoms with E-state index >= 15 is 0 Å². The summed E-state index contributed by atoms with van der Waals surface area (Å²) >= 11 is 0. The summed E-state index contributed by atoms with van der Waals surface area (Å²) in [5.41, 5.74) is 3.49. The standard InChI is InChI=1S/C18H19NO3/c1-13-14(2)19(17(16(13)12-20)18(21)22-3)11-7-10-15-8-5-4-6-9-15/h4-10,12H,11H2,1-3H3/b10-7+. The normalized spacial score (nSPS) is 10.9. The first kappa shape index (κ1) is 15.8. The first-order chi connectivity index (χ1) is 10.6. The monoisotopic (exact) mass is 297 g/mol. The molecule has 4 heteroatoms. The molecule has 0 aliphatic rings. The number of benzene rings is 1. The van der Waals surface area contributed by atoms with Gasteiger partial charge in [0.15, 0.2) is 6.29 Å². The van der Waals surface area contributed by atoms with Crippen molar-refractivity contribution >= 4 is 18.3 Å². The predicted octanol–water partition coefficient (Wildman–Crippen LogP) is 3.42. The zero-order valence-electron chi connectivity index (χ0n) is 13.0. The Labute approximate surface area is 130 Å². The third-order valence-corrected chi connectivity index (χ3v) is 3.77. The maximum absolute atomic E-state index is 12.0. The number of allylic oxidation sites excluding steroid dienone is 1. The molecule has 0 saturated carbocycles. The molecule has 0 fully saturated rings. The van der Waals surface area contributed by atoms with Crippen molar-refractivity contribution in [2.75, 3.05) is 7.11 Å². The molecule has 1 heterocycles. The van der Waals surface area contributed by atoms with E-state index in [2.05, 4.69) is 0 Å². The third-order valence-electron chi connectivity index (χ3n) is 3.77. The summed E-state index contributed by atoms with van der Waals surface area (Å²) in [4.78, 5) is 23.3. The highest BCUT2D eigenvalue weighted by Crippen LogP contribution is 2.21. The van der Waals surface area contributed by atoms with E-state index in [1.54, 1.807) is 0 Å². The lowest BCUT2D eigenvalue weighted by Gasteiger charge is -2.08. The maximum atomic E-state index is 12.0. The van der Waals surface area contributed by atoms with Gasteiger partial charge in [0, 0.05) is 12.2 Å². The quantitative estimate of drug-likeness (QED) is 0.627. The van der Waals surface area contributed by atoms with Crippen molar-refractivity contribution in [1.29, 1.82) is 0 Å². The topological polar surface area (TPSA) is 48.3 Å². The van der Waals surface area contributed by atoms with E-state index in [-0.39, 0.29) is 0 Å². The number of ether oxygens (including phenoxy) is 1. The zero-order chi connectivity index (χ0) is 16.1. The molecule has 0 aliphatic carbocycles. The molecule has 0 radical (unpaired) electrons. The number of esters is 1. The van der Waals surface area contributed by atoms with Gasteiger partial charge in [-0.25, -0.2) is 4.79 Å². The second-order valence-electron chi connectivity index (χ2n) is 5.01. The Kier molecular flexibility index (Phi) is 4.94. The highest BCUT2D eigenvalue weighted by atomic mass is 16.5. The summed E-state index contributed by atoms with van der Waals surface area (Å²) < 4.78 is 6.62. The van der Waals surface area contributed by atoms with E-state index in [0.717, 1.165) is 16.8 Å². The number of rotatable bonds is 5. The van der Waals surface area contributed by atoms with Crippen molar-refractivity contribution in [3.8, 4) is 0 Å². The Morgan fingerprint density at radius 2 is 1.91 bits per heavy atom. The third kappa shape index (κ3) is 3.01. The number of hydrogen-bond acceptors (Lipinski definition) is 3. The van der Waals surface area contributed by atoms with Crippen molar-refractivity contribution in [2.24, 2.45) is 0 Å². The number of nitrogens with zero attached hydrogens (tertiary/aromatic N) is 1. The van der Waals surface area contributed by atoms with Crippen molar-refractivity contribution in [1.82, 2.24) is 4.57 Å². The minimum atomic E-state index is -0.494. The summed E-state index contributed by atoms with van der Waals surface area (Å²) in [7, 11) is 1.32. The zero-order valence-corrected chi connectivity index (χ0v) is 13.0. The number of hydrogen-bond donors (Lipinski definition) is 0. The van der Waals surface area contributed by atoms with Gasteiger partial charge in [0.2, 0.25) is 0 Å². The smallest absolute Gasteiger partial charge is 0.355 e. The molecule has 0 atom stereocenters. The average Bonchev–Trinajstić information content (AvgIpc) is 2.79. The van der Waals surface area contributed by atoms with Crippen LogP contribution in [0.2, 0.25) is 0 Å². The first-order valence-electron chi connectivity index (χ1n) is 7.05. The molecule has 0 unspecified atom stereocenters. The van der Waals surface area contributed by atoms with Crippen molar-refractivity contribution < 1.29 is 14.3 Å². The number of methoxy groups -OCH3 is 1. The molecule has 0 amide bonds. The van der Waals surface area contributed by atoms with Crippen LogP contribution in [-0.4, -0.2) is 23.9 Å². The minimum Gasteiger partial charge on any atom is -0.464 e. The Bertz CT molecular complexity index is 712. The van der Waals surface area contributed by atoms with Crippen molar-refractivity contribution in [3.63, 3.8) is 0 Å². The molecule has 1 aromatic heterocycles. The van der Waals surface area contributed by atoms with Gasteiger partial charge in [-0.3, -0.25) is 4.79 Å². The molecule has 0 saturated heterocycles. The fourth-order valence-corrected chi connectivity index (χ4v) is 2.44. The van der Waals surface area contributed by atoms with E-state index in [9.17, 15) is 9.59 Å². The maximum Gasteiger partial charge on any atom is 0.355 e. The van der Waals surface area contributed by atoms with Gasteiger partial charge in [-0.15, -0.1) is 0 Å². The van der Waals surface area contributed by atoms with Gasteiger partial charge in [-0.05, 0) is 25.0 Å². The largest absolute Gasteiger partial charge is 0.464 e. The van der Waals surface area contributed by atoms with Crippen LogP contribution in [0, 0.1) is 13.8 Å². The second kappa shape index (κ2) is 6.89. The average molecular weight is 297 g/mol. The molecule has 2 aromatic rings.